The summed E-state index contributed by atoms with van der Waals surface area (Å²) in [5.41, 5.74) is 0.463. The van der Waals surface area contributed by atoms with Crippen molar-refractivity contribution in [2.75, 3.05) is 19.6 Å². The average Bonchev–Trinajstić information content (AvgIpc) is 3.01. The molecule has 1 aromatic rings. The molecule has 0 aromatic heterocycles. The van der Waals surface area contributed by atoms with E-state index in [0.29, 0.717) is 17.5 Å². The van der Waals surface area contributed by atoms with Crippen LogP contribution in [0.4, 0.5) is 4.39 Å². The van der Waals surface area contributed by atoms with Gasteiger partial charge in [0, 0.05) is 24.7 Å². The number of carbonyl (C=O) groups is 1. The summed E-state index contributed by atoms with van der Waals surface area (Å²) in [5.74, 6) is 0.165. The van der Waals surface area contributed by atoms with Gasteiger partial charge in [-0.3, -0.25) is 4.79 Å². The first-order chi connectivity index (χ1) is 9.74. The van der Waals surface area contributed by atoms with Gasteiger partial charge in [-0.25, -0.2) is 4.39 Å². The Morgan fingerprint density at radius 2 is 2.20 bits per heavy atom. The second kappa shape index (κ2) is 5.92. The highest BCUT2D eigenvalue weighted by atomic mass is 19.1. The molecule has 0 aliphatic carbocycles. The molecule has 20 heavy (non-hydrogen) atoms. The molecule has 1 N–H and O–H groups in total. The molecule has 0 bridgehead atoms. The number of likely N-dealkylation sites (tertiary alicyclic amines) is 1. The van der Waals surface area contributed by atoms with E-state index in [9.17, 15) is 9.18 Å². The fraction of sp³-hybridized carbons (Fsp3) is 0.562. The van der Waals surface area contributed by atoms with Crippen molar-refractivity contribution in [1.82, 2.24) is 10.2 Å². The fourth-order valence-corrected chi connectivity index (χ4v) is 3.44. The van der Waals surface area contributed by atoms with Crippen LogP contribution in [0.25, 0.3) is 0 Å². The van der Waals surface area contributed by atoms with E-state index >= 15 is 0 Å². The van der Waals surface area contributed by atoms with E-state index in [1.807, 2.05) is 4.90 Å². The Morgan fingerprint density at radius 3 is 2.95 bits per heavy atom. The number of hydrogen-bond acceptors (Lipinski definition) is 2. The van der Waals surface area contributed by atoms with Crippen molar-refractivity contribution >= 4 is 5.91 Å². The molecule has 2 atom stereocenters. The summed E-state index contributed by atoms with van der Waals surface area (Å²) >= 11 is 0. The van der Waals surface area contributed by atoms with E-state index in [-0.39, 0.29) is 11.7 Å². The molecule has 1 aromatic carbocycles. The molecule has 2 unspecified atom stereocenters. The van der Waals surface area contributed by atoms with Crippen molar-refractivity contribution in [2.45, 2.75) is 31.7 Å². The maximum absolute atomic E-state index is 13.2. The summed E-state index contributed by atoms with van der Waals surface area (Å²) in [7, 11) is 0. The third kappa shape index (κ3) is 2.85. The van der Waals surface area contributed by atoms with Gasteiger partial charge in [0.2, 0.25) is 0 Å². The second-order valence-electron chi connectivity index (χ2n) is 5.87. The first kappa shape index (κ1) is 13.6. The predicted molar refractivity (Wildman–Crippen MR) is 76.1 cm³/mol. The number of piperidine rings is 1. The zero-order chi connectivity index (χ0) is 13.9. The topological polar surface area (TPSA) is 32.3 Å². The van der Waals surface area contributed by atoms with Crippen molar-refractivity contribution in [2.24, 2.45) is 5.92 Å². The van der Waals surface area contributed by atoms with E-state index in [4.69, 9.17) is 0 Å². The highest BCUT2D eigenvalue weighted by Crippen LogP contribution is 2.25. The standard InChI is InChI=1S/C16H21FN2O/c17-14-6-1-4-12(10-14)16(20)19-9-3-5-13(11-19)15-7-2-8-18-15/h1,4,6,10,13,15,18H,2-3,5,7-9,11H2. The lowest BCUT2D eigenvalue weighted by Gasteiger charge is -2.36. The molecule has 2 heterocycles. The zero-order valence-corrected chi connectivity index (χ0v) is 11.6. The molecular weight excluding hydrogens is 255 g/mol. The van der Waals surface area contributed by atoms with Gasteiger partial charge in [0.05, 0.1) is 0 Å². The van der Waals surface area contributed by atoms with E-state index in [1.54, 1.807) is 12.1 Å². The van der Waals surface area contributed by atoms with Gasteiger partial charge in [0.1, 0.15) is 5.82 Å². The fourth-order valence-electron chi connectivity index (χ4n) is 3.44. The molecule has 108 valence electrons. The molecule has 1 amide bonds. The first-order valence-corrected chi connectivity index (χ1v) is 7.52. The van der Waals surface area contributed by atoms with Crippen LogP contribution >= 0.6 is 0 Å². The molecular formula is C16H21FN2O. The van der Waals surface area contributed by atoms with E-state index in [2.05, 4.69) is 5.32 Å². The van der Waals surface area contributed by atoms with E-state index < -0.39 is 0 Å². The highest BCUT2D eigenvalue weighted by molar-refractivity contribution is 5.94. The van der Waals surface area contributed by atoms with Crippen LogP contribution in [0.1, 0.15) is 36.0 Å². The Labute approximate surface area is 119 Å². The molecule has 2 saturated heterocycles. The van der Waals surface area contributed by atoms with Gasteiger partial charge in [-0.2, -0.15) is 0 Å². The third-order valence-electron chi connectivity index (χ3n) is 4.48. The van der Waals surface area contributed by atoms with Crippen LogP contribution in [0.15, 0.2) is 24.3 Å². The Kier molecular flexibility index (Phi) is 4.01. The van der Waals surface area contributed by atoms with Gasteiger partial charge in [-0.1, -0.05) is 6.07 Å². The molecule has 2 fully saturated rings. The maximum Gasteiger partial charge on any atom is 0.253 e. The number of hydrogen-bond donors (Lipinski definition) is 1. The minimum atomic E-state index is -0.345. The van der Waals surface area contributed by atoms with Crippen molar-refractivity contribution in [3.05, 3.63) is 35.6 Å². The Morgan fingerprint density at radius 1 is 1.30 bits per heavy atom. The van der Waals surface area contributed by atoms with Gasteiger partial charge in [0.15, 0.2) is 0 Å². The van der Waals surface area contributed by atoms with Crippen LogP contribution in [-0.2, 0) is 0 Å². The molecule has 4 heteroatoms. The second-order valence-corrected chi connectivity index (χ2v) is 5.87. The minimum absolute atomic E-state index is 0.0350. The number of carbonyl (C=O) groups excluding carboxylic acids is 1. The lowest BCUT2D eigenvalue weighted by molar-refractivity contribution is 0.0650. The van der Waals surface area contributed by atoms with Crippen LogP contribution in [0.2, 0.25) is 0 Å². The zero-order valence-electron chi connectivity index (χ0n) is 11.6. The van der Waals surface area contributed by atoms with Crippen LogP contribution in [-0.4, -0.2) is 36.5 Å². The molecule has 3 rings (SSSR count). The van der Waals surface area contributed by atoms with Crippen molar-refractivity contribution in [3.63, 3.8) is 0 Å². The summed E-state index contributed by atoms with van der Waals surface area (Å²) < 4.78 is 13.2. The summed E-state index contributed by atoms with van der Waals surface area (Å²) in [6.07, 6.45) is 4.68. The number of rotatable bonds is 2. The monoisotopic (exact) mass is 276 g/mol. The summed E-state index contributed by atoms with van der Waals surface area (Å²) in [6, 6.07) is 6.56. The lowest BCUT2D eigenvalue weighted by Crippen LogP contribution is -2.45. The number of halogens is 1. The summed E-state index contributed by atoms with van der Waals surface area (Å²) in [5, 5.41) is 3.54. The predicted octanol–water partition coefficient (Wildman–Crippen LogP) is 2.43. The first-order valence-electron chi connectivity index (χ1n) is 7.52. The van der Waals surface area contributed by atoms with Crippen LogP contribution < -0.4 is 5.32 Å². The SMILES string of the molecule is O=C(c1cccc(F)c1)N1CCCC(C2CCCN2)C1. The quantitative estimate of drug-likeness (QED) is 0.900. The molecule has 0 spiro atoms. The molecule has 3 nitrogen and oxygen atoms in total. The van der Waals surface area contributed by atoms with Crippen LogP contribution in [0.3, 0.4) is 0 Å². The van der Waals surface area contributed by atoms with Crippen LogP contribution in [0, 0.1) is 11.7 Å². The number of nitrogens with one attached hydrogen (secondary N) is 1. The maximum atomic E-state index is 13.2. The van der Waals surface area contributed by atoms with Gasteiger partial charge < -0.3 is 10.2 Å². The number of nitrogens with zero attached hydrogens (tertiary/aromatic N) is 1. The minimum Gasteiger partial charge on any atom is -0.338 e. The Balaban J connectivity index is 1.68. The van der Waals surface area contributed by atoms with Gasteiger partial charge in [-0.05, 0) is 56.3 Å². The smallest absolute Gasteiger partial charge is 0.253 e. The van der Waals surface area contributed by atoms with Crippen molar-refractivity contribution < 1.29 is 9.18 Å². The molecule has 2 aliphatic heterocycles. The van der Waals surface area contributed by atoms with E-state index in [0.717, 1.165) is 26.1 Å². The third-order valence-corrected chi connectivity index (χ3v) is 4.48. The largest absolute Gasteiger partial charge is 0.338 e. The average molecular weight is 276 g/mol. The lowest BCUT2D eigenvalue weighted by atomic mass is 9.89. The molecule has 2 aliphatic rings. The van der Waals surface area contributed by atoms with Gasteiger partial charge in [0.25, 0.3) is 5.91 Å². The number of amides is 1. The van der Waals surface area contributed by atoms with Crippen molar-refractivity contribution in [3.8, 4) is 0 Å². The molecule has 0 saturated carbocycles. The Bertz CT molecular complexity index is 485. The summed E-state index contributed by atoms with van der Waals surface area (Å²) in [4.78, 5) is 14.3. The molecule has 0 radical (unpaired) electrons. The Hall–Kier alpha value is -1.42. The van der Waals surface area contributed by atoms with Crippen molar-refractivity contribution in [1.29, 1.82) is 0 Å². The van der Waals surface area contributed by atoms with Gasteiger partial charge in [-0.15, -0.1) is 0 Å². The van der Waals surface area contributed by atoms with Crippen LogP contribution in [0.5, 0.6) is 0 Å². The van der Waals surface area contributed by atoms with E-state index in [1.165, 1.54) is 31.4 Å². The number of benzene rings is 1. The normalized spacial score (nSPS) is 26.8. The highest BCUT2D eigenvalue weighted by Gasteiger charge is 2.31. The summed E-state index contributed by atoms with van der Waals surface area (Å²) in [6.45, 7) is 2.69. The van der Waals surface area contributed by atoms with Gasteiger partial charge >= 0.3 is 0 Å².